The van der Waals surface area contributed by atoms with Gasteiger partial charge in [0.1, 0.15) is 11.5 Å². The first-order valence-corrected chi connectivity index (χ1v) is 14.5. The van der Waals surface area contributed by atoms with Gasteiger partial charge in [-0.1, -0.05) is 49.4 Å². The van der Waals surface area contributed by atoms with E-state index in [2.05, 4.69) is 27.8 Å². The lowest BCUT2D eigenvalue weighted by Gasteiger charge is -2.14. The lowest BCUT2D eigenvalue weighted by molar-refractivity contribution is -0.113. The predicted octanol–water partition coefficient (Wildman–Crippen LogP) is 5.73. The summed E-state index contributed by atoms with van der Waals surface area (Å²) in [5, 5.41) is 15.1. The molecule has 0 fully saturated rings. The topological polar surface area (TPSA) is 107 Å². The van der Waals surface area contributed by atoms with E-state index in [0.29, 0.717) is 34.6 Å². The van der Waals surface area contributed by atoms with E-state index in [1.807, 2.05) is 56.3 Å². The summed E-state index contributed by atoms with van der Waals surface area (Å²) in [7, 11) is 1.59. The first kappa shape index (κ1) is 29.7. The highest BCUT2D eigenvalue weighted by Gasteiger charge is 2.20. The van der Waals surface area contributed by atoms with Crippen LogP contribution in [0.1, 0.15) is 47.1 Å². The summed E-state index contributed by atoms with van der Waals surface area (Å²) in [6.07, 6.45) is 2.03. The van der Waals surface area contributed by atoms with Gasteiger partial charge in [-0.2, -0.15) is 0 Å². The number of amides is 2. The molecule has 2 amide bonds. The van der Waals surface area contributed by atoms with E-state index >= 15 is 0 Å². The van der Waals surface area contributed by atoms with E-state index in [1.54, 1.807) is 35.9 Å². The molecular weight excluding hydrogens is 538 g/mol. The van der Waals surface area contributed by atoms with Crippen molar-refractivity contribution < 1.29 is 19.1 Å². The SMILES string of the molecule is CCCCOc1ccc(C(=O)NCc2nnc(SCC(=O)Nc3cc(C)ccc3C)n2-c2ccccc2OC)cc1. The third-order valence-corrected chi connectivity index (χ3v) is 7.25. The first-order valence-electron chi connectivity index (χ1n) is 13.5. The number of para-hydroxylation sites is 2. The molecule has 0 saturated carbocycles. The summed E-state index contributed by atoms with van der Waals surface area (Å²) in [6.45, 7) is 6.81. The van der Waals surface area contributed by atoms with Crippen molar-refractivity contribution in [2.45, 2.75) is 45.3 Å². The van der Waals surface area contributed by atoms with E-state index in [1.165, 1.54) is 11.8 Å². The number of aromatic nitrogens is 3. The number of ether oxygens (including phenoxy) is 2. The van der Waals surface area contributed by atoms with Gasteiger partial charge in [-0.15, -0.1) is 10.2 Å². The Bertz CT molecular complexity index is 1490. The molecule has 4 aromatic rings. The minimum absolute atomic E-state index is 0.119. The number of benzene rings is 3. The minimum Gasteiger partial charge on any atom is -0.495 e. The summed E-state index contributed by atoms with van der Waals surface area (Å²) < 4.78 is 13.1. The molecule has 10 heteroatoms. The second-order valence-corrected chi connectivity index (χ2v) is 10.4. The third-order valence-electron chi connectivity index (χ3n) is 6.32. The number of hydrogen-bond acceptors (Lipinski definition) is 7. The molecule has 0 radical (unpaired) electrons. The van der Waals surface area contributed by atoms with Gasteiger partial charge in [0, 0.05) is 11.3 Å². The number of nitrogens with one attached hydrogen (secondary N) is 2. The van der Waals surface area contributed by atoms with Gasteiger partial charge in [-0.3, -0.25) is 14.2 Å². The number of unbranched alkanes of at least 4 members (excludes halogenated alkanes) is 1. The molecule has 1 heterocycles. The van der Waals surface area contributed by atoms with Crippen molar-refractivity contribution in [3.05, 3.63) is 89.2 Å². The van der Waals surface area contributed by atoms with Crippen LogP contribution in [0.4, 0.5) is 5.69 Å². The fourth-order valence-electron chi connectivity index (χ4n) is 4.05. The van der Waals surface area contributed by atoms with Gasteiger partial charge >= 0.3 is 0 Å². The van der Waals surface area contributed by atoms with Gasteiger partial charge in [0.25, 0.3) is 5.91 Å². The Kier molecular flexibility index (Phi) is 10.4. The van der Waals surface area contributed by atoms with Gasteiger partial charge in [0.15, 0.2) is 11.0 Å². The van der Waals surface area contributed by atoms with Crippen LogP contribution in [-0.4, -0.2) is 46.0 Å². The standard InChI is InChI=1S/C31H35N5O4S/c1-5-6-17-40-24-15-13-23(14-16-24)30(38)32-19-28-34-35-31(36(28)26-9-7-8-10-27(26)39-4)41-20-29(37)33-25-18-21(2)11-12-22(25)3/h7-16,18H,5-6,17,19-20H2,1-4H3,(H,32,38)(H,33,37). The molecule has 0 aliphatic rings. The molecule has 0 bridgehead atoms. The average molecular weight is 574 g/mol. The number of aryl methyl sites for hydroxylation is 2. The fraction of sp³-hybridized carbons (Fsp3) is 0.290. The molecule has 0 atom stereocenters. The summed E-state index contributed by atoms with van der Waals surface area (Å²) in [6, 6.07) is 20.5. The van der Waals surface area contributed by atoms with Gasteiger partial charge in [0.2, 0.25) is 5.91 Å². The zero-order valence-electron chi connectivity index (χ0n) is 23.8. The Morgan fingerprint density at radius 1 is 1.00 bits per heavy atom. The lowest BCUT2D eigenvalue weighted by Crippen LogP contribution is -2.24. The Labute approximate surface area is 244 Å². The Morgan fingerprint density at radius 3 is 2.54 bits per heavy atom. The zero-order valence-corrected chi connectivity index (χ0v) is 24.6. The second-order valence-electron chi connectivity index (χ2n) is 9.47. The van der Waals surface area contributed by atoms with E-state index in [9.17, 15) is 9.59 Å². The van der Waals surface area contributed by atoms with Crippen molar-refractivity contribution in [1.29, 1.82) is 0 Å². The molecule has 2 N–H and O–H groups in total. The maximum atomic E-state index is 12.9. The quantitative estimate of drug-likeness (QED) is 0.155. The summed E-state index contributed by atoms with van der Waals surface area (Å²) in [5.41, 5.74) is 4.05. The molecule has 214 valence electrons. The molecular formula is C31H35N5O4S. The number of rotatable bonds is 13. The van der Waals surface area contributed by atoms with Gasteiger partial charge in [-0.05, 0) is 73.9 Å². The van der Waals surface area contributed by atoms with Crippen LogP contribution in [0.2, 0.25) is 0 Å². The Balaban J connectivity index is 1.48. The zero-order chi connectivity index (χ0) is 29.2. The Hall–Kier alpha value is -4.31. The first-order chi connectivity index (χ1) is 19.9. The molecule has 0 saturated heterocycles. The monoisotopic (exact) mass is 573 g/mol. The third kappa shape index (κ3) is 7.88. The molecule has 0 spiro atoms. The average Bonchev–Trinajstić information content (AvgIpc) is 3.39. The van der Waals surface area contributed by atoms with Gasteiger partial charge in [-0.25, -0.2) is 0 Å². The van der Waals surface area contributed by atoms with Crippen LogP contribution in [0.15, 0.2) is 71.9 Å². The van der Waals surface area contributed by atoms with E-state index in [0.717, 1.165) is 35.4 Å². The normalized spacial score (nSPS) is 10.7. The van der Waals surface area contributed by atoms with Crippen LogP contribution < -0.4 is 20.1 Å². The van der Waals surface area contributed by atoms with Crippen LogP contribution in [0.25, 0.3) is 5.69 Å². The summed E-state index contributed by atoms with van der Waals surface area (Å²) in [4.78, 5) is 25.7. The molecule has 0 unspecified atom stereocenters. The van der Waals surface area contributed by atoms with Crippen LogP contribution in [0, 0.1) is 13.8 Å². The minimum atomic E-state index is -0.248. The largest absolute Gasteiger partial charge is 0.495 e. The van der Waals surface area contributed by atoms with Crippen LogP contribution in [0.5, 0.6) is 11.5 Å². The maximum Gasteiger partial charge on any atom is 0.251 e. The van der Waals surface area contributed by atoms with Crippen LogP contribution in [0.3, 0.4) is 0 Å². The second kappa shape index (κ2) is 14.4. The highest BCUT2D eigenvalue weighted by molar-refractivity contribution is 7.99. The van der Waals surface area contributed by atoms with Crippen molar-refractivity contribution in [2.24, 2.45) is 0 Å². The Morgan fingerprint density at radius 2 is 1.78 bits per heavy atom. The van der Waals surface area contributed by atoms with Crippen molar-refractivity contribution in [3.63, 3.8) is 0 Å². The number of carbonyl (C=O) groups excluding carboxylic acids is 2. The van der Waals surface area contributed by atoms with E-state index in [4.69, 9.17) is 9.47 Å². The van der Waals surface area contributed by atoms with Crippen LogP contribution >= 0.6 is 11.8 Å². The summed E-state index contributed by atoms with van der Waals surface area (Å²) >= 11 is 1.25. The van der Waals surface area contributed by atoms with Crippen molar-refractivity contribution in [3.8, 4) is 17.2 Å². The van der Waals surface area contributed by atoms with E-state index < -0.39 is 0 Å². The number of carbonyl (C=O) groups is 2. The predicted molar refractivity (Wildman–Crippen MR) is 161 cm³/mol. The smallest absolute Gasteiger partial charge is 0.251 e. The molecule has 41 heavy (non-hydrogen) atoms. The molecule has 4 rings (SSSR count). The van der Waals surface area contributed by atoms with Crippen molar-refractivity contribution in [1.82, 2.24) is 20.1 Å². The highest BCUT2D eigenvalue weighted by atomic mass is 32.2. The van der Waals surface area contributed by atoms with Gasteiger partial charge in [0.05, 0.1) is 31.7 Å². The molecule has 0 aliphatic heterocycles. The van der Waals surface area contributed by atoms with Crippen LogP contribution in [-0.2, 0) is 11.3 Å². The molecule has 9 nitrogen and oxygen atoms in total. The number of nitrogens with zero attached hydrogens (tertiary/aromatic N) is 3. The molecule has 1 aromatic heterocycles. The van der Waals surface area contributed by atoms with E-state index in [-0.39, 0.29) is 24.1 Å². The number of anilines is 1. The fourth-order valence-corrected chi connectivity index (χ4v) is 4.81. The molecule has 3 aromatic carbocycles. The van der Waals surface area contributed by atoms with Crippen molar-refractivity contribution in [2.75, 3.05) is 24.8 Å². The number of hydrogen-bond donors (Lipinski definition) is 2. The number of thioether (sulfide) groups is 1. The maximum absolute atomic E-state index is 12.9. The van der Waals surface area contributed by atoms with Crippen molar-refractivity contribution >= 4 is 29.3 Å². The summed E-state index contributed by atoms with van der Waals surface area (Å²) in [5.74, 6) is 1.56. The molecule has 0 aliphatic carbocycles. The lowest BCUT2D eigenvalue weighted by atomic mass is 10.1. The highest BCUT2D eigenvalue weighted by Crippen LogP contribution is 2.29. The number of methoxy groups -OCH3 is 1. The van der Waals surface area contributed by atoms with Gasteiger partial charge < -0.3 is 20.1 Å².